The number of carbonyl (C=O) groups is 3. The van der Waals surface area contributed by atoms with Gasteiger partial charge in [-0.05, 0) is 43.5 Å². The second kappa shape index (κ2) is 12.3. The molecule has 3 N–H and O–H groups in total. The molecule has 8 nitrogen and oxygen atoms in total. The number of aliphatic carboxylic acids is 1. The van der Waals surface area contributed by atoms with Crippen molar-refractivity contribution in [2.45, 2.75) is 39.0 Å². The van der Waals surface area contributed by atoms with Gasteiger partial charge in [0.15, 0.2) is 11.5 Å². The standard InChI is InChI=1S/C21H26N2O6S2/c1-2-29-16-12-14(7-8-15(16)24)13-17-20(28)23(21(30)31-17)11-9-18(25)22-10-5-3-4-6-19(26)27/h7-8,12-13,24H,2-6,9-11H2,1H3,(H,22,25)(H,26,27)/b17-13-. The lowest BCUT2D eigenvalue weighted by Crippen LogP contribution is -2.33. The Morgan fingerprint density at radius 2 is 2.03 bits per heavy atom. The number of ether oxygens (including phenoxy) is 1. The van der Waals surface area contributed by atoms with Crippen molar-refractivity contribution in [2.24, 2.45) is 0 Å². The number of unbranched alkanes of at least 4 members (excludes halogenated alkanes) is 2. The molecule has 1 heterocycles. The van der Waals surface area contributed by atoms with E-state index in [1.54, 1.807) is 18.2 Å². The first kappa shape index (κ1) is 24.7. The largest absolute Gasteiger partial charge is 0.504 e. The minimum absolute atomic E-state index is 0.0273. The molecule has 1 saturated heterocycles. The zero-order valence-corrected chi connectivity index (χ0v) is 18.9. The van der Waals surface area contributed by atoms with E-state index in [1.807, 2.05) is 6.92 Å². The van der Waals surface area contributed by atoms with Crippen LogP contribution in [0.3, 0.4) is 0 Å². The summed E-state index contributed by atoms with van der Waals surface area (Å²) in [6, 6.07) is 4.83. The monoisotopic (exact) mass is 466 g/mol. The van der Waals surface area contributed by atoms with E-state index < -0.39 is 5.97 Å². The summed E-state index contributed by atoms with van der Waals surface area (Å²) in [7, 11) is 0. The van der Waals surface area contributed by atoms with Gasteiger partial charge >= 0.3 is 5.97 Å². The maximum atomic E-state index is 12.7. The van der Waals surface area contributed by atoms with Crippen molar-refractivity contribution in [3.05, 3.63) is 28.7 Å². The average molecular weight is 467 g/mol. The molecule has 0 aromatic heterocycles. The smallest absolute Gasteiger partial charge is 0.303 e. The minimum Gasteiger partial charge on any atom is -0.504 e. The molecule has 2 rings (SSSR count). The third-order valence-corrected chi connectivity index (χ3v) is 5.78. The molecule has 10 heteroatoms. The van der Waals surface area contributed by atoms with Crippen LogP contribution in [0.15, 0.2) is 23.1 Å². The zero-order chi connectivity index (χ0) is 22.8. The summed E-state index contributed by atoms with van der Waals surface area (Å²) in [6.07, 6.45) is 3.96. The second-order valence-corrected chi connectivity index (χ2v) is 8.47. The molecule has 1 aliphatic rings. The molecule has 0 aliphatic carbocycles. The predicted octanol–water partition coefficient (Wildman–Crippen LogP) is 3.14. The molecule has 0 radical (unpaired) electrons. The molecular weight excluding hydrogens is 440 g/mol. The Hall–Kier alpha value is -2.59. The molecule has 1 aliphatic heterocycles. The van der Waals surface area contributed by atoms with Gasteiger partial charge in [-0.1, -0.05) is 36.5 Å². The van der Waals surface area contributed by atoms with Gasteiger partial charge in [0.2, 0.25) is 5.91 Å². The number of thiocarbonyl (C=S) groups is 1. The van der Waals surface area contributed by atoms with E-state index in [9.17, 15) is 19.5 Å². The van der Waals surface area contributed by atoms with E-state index in [2.05, 4.69) is 5.32 Å². The van der Waals surface area contributed by atoms with Crippen LogP contribution in [-0.2, 0) is 14.4 Å². The number of carboxylic acids is 1. The van der Waals surface area contributed by atoms with Gasteiger partial charge in [-0.15, -0.1) is 0 Å². The fraction of sp³-hybridized carbons (Fsp3) is 0.429. The highest BCUT2D eigenvalue weighted by Crippen LogP contribution is 2.34. The number of phenols is 1. The number of hydrogen-bond donors (Lipinski definition) is 3. The van der Waals surface area contributed by atoms with Crippen molar-refractivity contribution >= 4 is 52.2 Å². The number of phenolic OH excluding ortho intramolecular Hbond substituents is 1. The normalized spacial score (nSPS) is 14.9. The maximum absolute atomic E-state index is 12.7. The molecular formula is C21H26N2O6S2. The number of thioether (sulfide) groups is 1. The van der Waals surface area contributed by atoms with Crippen LogP contribution in [-0.4, -0.2) is 56.9 Å². The first-order chi connectivity index (χ1) is 14.8. The number of benzene rings is 1. The van der Waals surface area contributed by atoms with Gasteiger partial charge in [0.05, 0.1) is 11.5 Å². The Labute approximate surface area is 190 Å². The van der Waals surface area contributed by atoms with Crippen molar-refractivity contribution in [3.63, 3.8) is 0 Å². The lowest BCUT2D eigenvalue weighted by Gasteiger charge is -2.14. The topological polar surface area (TPSA) is 116 Å². The average Bonchev–Trinajstić information content (AvgIpc) is 2.98. The number of hydrogen-bond acceptors (Lipinski definition) is 7. The molecule has 0 bridgehead atoms. The van der Waals surface area contributed by atoms with Crippen molar-refractivity contribution in [1.29, 1.82) is 0 Å². The fourth-order valence-corrected chi connectivity index (χ4v) is 4.15. The SMILES string of the molecule is CCOc1cc(/C=C2\SC(=S)N(CCC(=O)NCCCCCC(=O)O)C2=O)ccc1O. The lowest BCUT2D eigenvalue weighted by molar-refractivity contribution is -0.137. The van der Waals surface area contributed by atoms with Crippen LogP contribution in [0.25, 0.3) is 6.08 Å². The first-order valence-corrected chi connectivity index (χ1v) is 11.2. The van der Waals surface area contributed by atoms with Gasteiger partial charge in [-0.3, -0.25) is 19.3 Å². The van der Waals surface area contributed by atoms with E-state index in [1.165, 1.54) is 22.7 Å². The highest BCUT2D eigenvalue weighted by atomic mass is 32.2. The molecule has 0 atom stereocenters. The van der Waals surface area contributed by atoms with Crippen molar-refractivity contribution < 1.29 is 29.3 Å². The van der Waals surface area contributed by atoms with Gasteiger partial charge in [-0.25, -0.2) is 0 Å². The Balaban J connectivity index is 1.84. The number of rotatable bonds is 12. The molecule has 0 saturated carbocycles. The molecule has 31 heavy (non-hydrogen) atoms. The third-order valence-electron chi connectivity index (χ3n) is 4.41. The number of aromatic hydroxyl groups is 1. The van der Waals surface area contributed by atoms with Crippen LogP contribution in [0, 0.1) is 0 Å². The first-order valence-electron chi connectivity index (χ1n) is 10.0. The summed E-state index contributed by atoms with van der Waals surface area (Å²) in [5.41, 5.74) is 0.697. The van der Waals surface area contributed by atoms with Gasteiger partial charge in [0.1, 0.15) is 4.32 Å². The molecule has 0 unspecified atom stereocenters. The van der Waals surface area contributed by atoms with Gasteiger partial charge in [-0.2, -0.15) is 0 Å². The Morgan fingerprint density at radius 3 is 2.74 bits per heavy atom. The van der Waals surface area contributed by atoms with E-state index in [0.717, 1.165) is 6.42 Å². The highest BCUT2D eigenvalue weighted by Gasteiger charge is 2.32. The predicted molar refractivity (Wildman–Crippen MR) is 123 cm³/mol. The van der Waals surface area contributed by atoms with E-state index in [-0.39, 0.29) is 37.0 Å². The third kappa shape index (κ3) is 7.87. The van der Waals surface area contributed by atoms with Crippen LogP contribution in [0.1, 0.15) is 44.6 Å². The molecule has 2 amide bonds. The van der Waals surface area contributed by atoms with Gasteiger partial charge < -0.3 is 20.3 Å². The summed E-state index contributed by atoms with van der Waals surface area (Å²) in [4.78, 5) is 37.0. The van der Waals surface area contributed by atoms with Crippen molar-refractivity contribution in [2.75, 3.05) is 19.7 Å². The number of carboxylic acid groups (broad SMARTS) is 1. The van der Waals surface area contributed by atoms with Crippen LogP contribution >= 0.6 is 24.0 Å². The summed E-state index contributed by atoms with van der Waals surface area (Å²) in [6.45, 7) is 2.88. The second-order valence-electron chi connectivity index (χ2n) is 6.80. The van der Waals surface area contributed by atoms with Gasteiger partial charge in [0.25, 0.3) is 5.91 Å². The zero-order valence-electron chi connectivity index (χ0n) is 17.3. The minimum atomic E-state index is -0.818. The molecule has 1 aromatic carbocycles. The lowest BCUT2D eigenvalue weighted by atomic mass is 10.2. The quantitative estimate of drug-likeness (QED) is 0.244. The van der Waals surface area contributed by atoms with Crippen LogP contribution in [0.2, 0.25) is 0 Å². The summed E-state index contributed by atoms with van der Waals surface area (Å²) in [5, 5.41) is 21.2. The molecule has 0 spiro atoms. The number of nitrogens with one attached hydrogen (secondary N) is 1. The fourth-order valence-electron chi connectivity index (χ4n) is 2.84. The maximum Gasteiger partial charge on any atom is 0.303 e. The molecule has 1 aromatic rings. The number of carbonyl (C=O) groups excluding carboxylic acids is 2. The Morgan fingerprint density at radius 1 is 1.26 bits per heavy atom. The van der Waals surface area contributed by atoms with Crippen LogP contribution in [0.5, 0.6) is 11.5 Å². The van der Waals surface area contributed by atoms with Crippen LogP contribution < -0.4 is 10.1 Å². The van der Waals surface area contributed by atoms with E-state index in [0.29, 0.717) is 46.5 Å². The Kier molecular flexibility index (Phi) is 9.80. The number of nitrogens with zero attached hydrogens (tertiary/aromatic N) is 1. The van der Waals surface area contributed by atoms with Gasteiger partial charge in [0, 0.05) is 25.9 Å². The molecule has 1 fully saturated rings. The summed E-state index contributed by atoms with van der Waals surface area (Å²) >= 11 is 6.46. The van der Waals surface area contributed by atoms with Crippen LogP contribution in [0.4, 0.5) is 0 Å². The van der Waals surface area contributed by atoms with Crippen molar-refractivity contribution in [1.82, 2.24) is 10.2 Å². The summed E-state index contributed by atoms with van der Waals surface area (Å²) < 4.78 is 5.75. The van der Waals surface area contributed by atoms with Crippen molar-refractivity contribution in [3.8, 4) is 11.5 Å². The number of amides is 2. The highest BCUT2D eigenvalue weighted by molar-refractivity contribution is 8.26. The van der Waals surface area contributed by atoms with E-state index in [4.69, 9.17) is 22.1 Å². The molecule has 168 valence electrons. The Bertz CT molecular complexity index is 871. The van der Waals surface area contributed by atoms with E-state index >= 15 is 0 Å². The summed E-state index contributed by atoms with van der Waals surface area (Å²) in [5.74, 6) is -0.897.